The van der Waals surface area contributed by atoms with Gasteiger partial charge in [-0.3, -0.25) is 4.79 Å². The van der Waals surface area contributed by atoms with Crippen molar-refractivity contribution in [1.82, 2.24) is 9.62 Å². The molecule has 9 heteroatoms. The van der Waals surface area contributed by atoms with Crippen LogP contribution in [0.15, 0.2) is 41.3 Å². The third kappa shape index (κ3) is 4.99. The maximum Gasteiger partial charge on any atom is 0.254 e. The van der Waals surface area contributed by atoms with Gasteiger partial charge in [-0.15, -0.1) is 0 Å². The molecule has 1 N–H and O–H groups in total. The van der Waals surface area contributed by atoms with E-state index in [0.29, 0.717) is 24.6 Å². The van der Waals surface area contributed by atoms with Crippen molar-refractivity contribution in [3.05, 3.63) is 47.5 Å². The fraction of sp³-hybridized carbons (Fsp3) is 0.350. The van der Waals surface area contributed by atoms with E-state index >= 15 is 0 Å². The van der Waals surface area contributed by atoms with Gasteiger partial charge in [0, 0.05) is 18.7 Å². The molecule has 29 heavy (non-hydrogen) atoms. The molecule has 2 rings (SSSR count). The highest BCUT2D eigenvalue weighted by Crippen LogP contribution is 2.29. The van der Waals surface area contributed by atoms with Gasteiger partial charge in [0.1, 0.15) is 10.6 Å². The van der Waals surface area contributed by atoms with Crippen LogP contribution < -0.4 is 18.9 Å². The zero-order chi connectivity index (χ0) is 21.6. The standard InChI is InChI=1S/C20H26N2O6S/c1-6-22(13-14-7-9-16(26-3)18(11-14)28-5)20(23)15-8-10-17(27-4)19(12-15)29(24,25)21-2/h7-12,21H,6,13H2,1-5H3. The van der Waals surface area contributed by atoms with Gasteiger partial charge in [-0.1, -0.05) is 6.07 Å². The second kappa shape index (κ2) is 9.62. The third-order valence-electron chi connectivity index (χ3n) is 4.46. The highest BCUT2D eigenvalue weighted by Gasteiger charge is 2.22. The van der Waals surface area contributed by atoms with Gasteiger partial charge in [-0.05, 0) is 49.9 Å². The van der Waals surface area contributed by atoms with Gasteiger partial charge in [0.15, 0.2) is 11.5 Å². The molecule has 0 unspecified atom stereocenters. The van der Waals surface area contributed by atoms with Crippen molar-refractivity contribution in [3.8, 4) is 17.2 Å². The molecule has 0 aliphatic carbocycles. The van der Waals surface area contributed by atoms with E-state index in [9.17, 15) is 13.2 Å². The highest BCUT2D eigenvalue weighted by atomic mass is 32.2. The van der Waals surface area contributed by atoms with Gasteiger partial charge in [-0.25, -0.2) is 13.1 Å². The number of rotatable bonds is 9. The Balaban J connectivity index is 2.35. The van der Waals surface area contributed by atoms with Crippen LogP contribution in [0.5, 0.6) is 17.2 Å². The Morgan fingerprint density at radius 1 is 0.966 bits per heavy atom. The molecule has 0 saturated heterocycles. The average molecular weight is 423 g/mol. The molecule has 0 heterocycles. The summed E-state index contributed by atoms with van der Waals surface area (Å²) in [6, 6.07) is 9.78. The van der Waals surface area contributed by atoms with Crippen LogP contribution in [0.25, 0.3) is 0 Å². The van der Waals surface area contributed by atoms with E-state index in [2.05, 4.69) is 4.72 Å². The van der Waals surface area contributed by atoms with Crippen molar-refractivity contribution in [1.29, 1.82) is 0 Å². The second-order valence-electron chi connectivity index (χ2n) is 6.08. The Hall–Kier alpha value is -2.78. The summed E-state index contributed by atoms with van der Waals surface area (Å²) in [5, 5.41) is 0. The van der Waals surface area contributed by atoms with Crippen molar-refractivity contribution in [2.45, 2.75) is 18.4 Å². The van der Waals surface area contributed by atoms with Gasteiger partial charge in [0.25, 0.3) is 5.91 Å². The molecular weight excluding hydrogens is 396 g/mol. The molecule has 0 spiro atoms. The van der Waals surface area contributed by atoms with Crippen LogP contribution >= 0.6 is 0 Å². The number of carbonyl (C=O) groups is 1. The van der Waals surface area contributed by atoms with Crippen LogP contribution in [-0.2, 0) is 16.6 Å². The number of nitrogens with zero attached hydrogens (tertiary/aromatic N) is 1. The van der Waals surface area contributed by atoms with Crippen LogP contribution in [0, 0.1) is 0 Å². The zero-order valence-electron chi connectivity index (χ0n) is 17.2. The summed E-state index contributed by atoms with van der Waals surface area (Å²) in [6.45, 7) is 2.62. The van der Waals surface area contributed by atoms with E-state index in [1.165, 1.54) is 26.3 Å². The van der Waals surface area contributed by atoms with E-state index in [4.69, 9.17) is 14.2 Å². The molecule has 1 amide bonds. The third-order valence-corrected chi connectivity index (χ3v) is 5.89. The summed E-state index contributed by atoms with van der Waals surface area (Å²) in [4.78, 5) is 14.6. The Bertz CT molecular complexity index is 975. The number of sulfonamides is 1. The summed E-state index contributed by atoms with van der Waals surface area (Å²) >= 11 is 0. The topological polar surface area (TPSA) is 94.2 Å². The maximum absolute atomic E-state index is 13.0. The van der Waals surface area contributed by atoms with Crippen molar-refractivity contribution in [2.24, 2.45) is 0 Å². The minimum Gasteiger partial charge on any atom is -0.495 e. The Morgan fingerprint density at radius 3 is 2.14 bits per heavy atom. The van der Waals surface area contributed by atoms with Crippen molar-refractivity contribution in [2.75, 3.05) is 34.9 Å². The monoisotopic (exact) mass is 422 g/mol. The molecule has 2 aromatic rings. The van der Waals surface area contributed by atoms with Gasteiger partial charge in [-0.2, -0.15) is 0 Å². The molecule has 0 atom stereocenters. The first kappa shape index (κ1) is 22.5. The molecular formula is C20H26N2O6S. The number of benzene rings is 2. The molecule has 0 fully saturated rings. The van der Waals surface area contributed by atoms with E-state index in [1.54, 1.807) is 37.3 Å². The van der Waals surface area contributed by atoms with Crippen LogP contribution in [0.1, 0.15) is 22.8 Å². The Kier molecular flexibility index (Phi) is 7.46. The second-order valence-corrected chi connectivity index (χ2v) is 7.94. The van der Waals surface area contributed by atoms with Gasteiger partial charge in [0.2, 0.25) is 10.0 Å². The molecule has 0 radical (unpaired) electrons. The predicted octanol–water partition coefficient (Wildman–Crippen LogP) is 2.28. The minimum atomic E-state index is -3.78. The lowest BCUT2D eigenvalue weighted by Crippen LogP contribution is -2.30. The van der Waals surface area contributed by atoms with Gasteiger partial charge in [0.05, 0.1) is 21.3 Å². The maximum atomic E-state index is 13.0. The molecule has 0 aromatic heterocycles. The largest absolute Gasteiger partial charge is 0.495 e. The molecule has 0 aliphatic heterocycles. The predicted molar refractivity (Wildman–Crippen MR) is 109 cm³/mol. The first-order chi connectivity index (χ1) is 13.8. The normalized spacial score (nSPS) is 11.1. The average Bonchev–Trinajstić information content (AvgIpc) is 2.76. The van der Waals surface area contributed by atoms with Crippen LogP contribution in [-0.4, -0.2) is 54.1 Å². The quantitative estimate of drug-likeness (QED) is 0.666. The fourth-order valence-corrected chi connectivity index (χ4v) is 3.76. The van der Waals surface area contributed by atoms with Crippen molar-refractivity contribution < 1.29 is 27.4 Å². The number of ether oxygens (including phenoxy) is 3. The van der Waals surface area contributed by atoms with Crippen LogP contribution in [0.3, 0.4) is 0 Å². The zero-order valence-corrected chi connectivity index (χ0v) is 18.0. The first-order valence-corrected chi connectivity index (χ1v) is 10.4. The lowest BCUT2D eigenvalue weighted by atomic mass is 10.1. The number of hydrogen-bond donors (Lipinski definition) is 1. The number of hydrogen-bond acceptors (Lipinski definition) is 6. The van der Waals surface area contributed by atoms with Crippen molar-refractivity contribution in [3.63, 3.8) is 0 Å². The molecule has 2 aromatic carbocycles. The lowest BCUT2D eigenvalue weighted by Gasteiger charge is -2.22. The summed E-state index contributed by atoms with van der Waals surface area (Å²) in [6.07, 6.45) is 0. The van der Waals surface area contributed by atoms with E-state index < -0.39 is 10.0 Å². The summed E-state index contributed by atoms with van der Waals surface area (Å²) in [5.41, 5.74) is 1.11. The molecule has 158 valence electrons. The molecule has 0 bridgehead atoms. The Labute approximate surface area is 171 Å². The number of carbonyl (C=O) groups excluding carboxylic acids is 1. The SMILES string of the molecule is CCN(Cc1ccc(OC)c(OC)c1)C(=O)c1ccc(OC)c(S(=O)(=O)NC)c1. The lowest BCUT2D eigenvalue weighted by molar-refractivity contribution is 0.0752. The highest BCUT2D eigenvalue weighted by molar-refractivity contribution is 7.89. The van der Waals surface area contributed by atoms with E-state index in [0.717, 1.165) is 5.56 Å². The smallest absolute Gasteiger partial charge is 0.254 e. The van der Waals surface area contributed by atoms with Crippen molar-refractivity contribution >= 4 is 15.9 Å². The molecule has 0 saturated carbocycles. The fourth-order valence-electron chi connectivity index (χ4n) is 2.84. The number of methoxy groups -OCH3 is 3. The van der Waals surface area contributed by atoms with E-state index in [-0.39, 0.29) is 22.1 Å². The Morgan fingerprint density at radius 2 is 1.59 bits per heavy atom. The van der Waals surface area contributed by atoms with Crippen LogP contribution in [0.2, 0.25) is 0 Å². The van der Waals surface area contributed by atoms with Gasteiger partial charge >= 0.3 is 0 Å². The molecule has 8 nitrogen and oxygen atoms in total. The number of nitrogens with one attached hydrogen (secondary N) is 1. The number of amides is 1. The summed E-state index contributed by atoms with van der Waals surface area (Å²) in [5.74, 6) is 1.04. The first-order valence-electron chi connectivity index (χ1n) is 8.93. The summed E-state index contributed by atoms with van der Waals surface area (Å²) < 4.78 is 42.5. The van der Waals surface area contributed by atoms with Crippen LogP contribution in [0.4, 0.5) is 0 Å². The molecule has 0 aliphatic rings. The van der Waals surface area contributed by atoms with Gasteiger partial charge < -0.3 is 19.1 Å². The van der Waals surface area contributed by atoms with E-state index in [1.807, 2.05) is 13.0 Å². The summed E-state index contributed by atoms with van der Waals surface area (Å²) in [7, 11) is 2.00. The minimum absolute atomic E-state index is 0.0875.